The molecule has 1 aromatic carbocycles. The van der Waals surface area contributed by atoms with Crippen LogP contribution >= 0.6 is 0 Å². The SMILES string of the molecule is CCCN(c1cccc(N)c1)S(=O)(=O)N(CC)CC. The van der Waals surface area contributed by atoms with Gasteiger partial charge < -0.3 is 5.73 Å². The van der Waals surface area contributed by atoms with E-state index in [0.717, 1.165) is 6.42 Å². The molecule has 0 aliphatic rings. The number of nitrogen functional groups attached to an aromatic ring is 1. The van der Waals surface area contributed by atoms with Gasteiger partial charge in [0.05, 0.1) is 5.69 Å². The third-order valence-corrected chi connectivity index (χ3v) is 5.01. The molecule has 0 saturated carbocycles. The van der Waals surface area contributed by atoms with Crippen molar-refractivity contribution in [1.29, 1.82) is 0 Å². The molecule has 0 aliphatic heterocycles. The minimum atomic E-state index is -3.48. The minimum Gasteiger partial charge on any atom is -0.399 e. The molecule has 0 heterocycles. The molecule has 108 valence electrons. The molecule has 0 atom stereocenters. The smallest absolute Gasteiger partial charge is 0.304 e. The van der Waals surface area contributed by atoms with Crippen LogP contribution in [-0.4, -0.2) is 32.4 Å². The average Bonchev–Trinajstić information content (AvgIpc) is 2.36. The summed E-state index contributed by atoms with van der Waals surface area (Å²) in [6, 6.07) is 6.98. The Hall–Kier alpha value is -1.27. The van der Waals surface area contributed by atoms with Crippen LogP contribution in [0.5, 0.6) is 0 Å². The first-order valence-electron chi connectivity index (χ1n) is 6.60. The van der Waals surface area contributed by atoms with Crippen LogP contribution in [0, 0.1) is 0 Å². The Balaban J connectivity index is 3.20. The predicted molar refractivity (Wildman–Crippen MR) is 80.3 cm³/mol. The first-order chi connectivity index (χ1) is 8.97. The highest BCUT2D eigenvalue weighted by molar-refractivity contribution is 7.90. The summed E-state index contributed by atoms with van der Waals surface area (Å²) in [4.78, 5) is 0. The number of anilines is 2. The first kappa shape index (κ1) is 15.8. The molecule has 1 aromatic rings. The maximum absolute atomic E-state index is 12.6. The van der Waals surface area contributed by atoms with Crippen molar-refractivity contribution in [3.05, 3.63) is 24.3 Å². The number of hydrogen-bond acceptors (Lipinski definition) is 3. The molecule has 1 rings (SSSR count). The molecule has 0 fully saturated rings. The van der Waals surface area contributed by atoms with Crippen LogP contribution in [0.25, 0.3) is 0 Å². The number of nitrogens with two attached hydrogens (primary N) is 1. The van der Waals surface area contributed by atoms with Crippen LogP contribution in [0.1, 0.15) is 27.2 Å². The Morgan fingerprint density at radius 1 is 1.16 bits per heavy atom. The van der Waals surface area contributed by atoms with Crippen LogP contribution < -0.4 is 10.0 Å². The van der Waals surface area contributed by atoms with E-state index in [1.807, 2.05) is 20.8 Å². The Bertz CT molecular complexity index is 498. The average molecular weight is 285 g/mol. The zero-order valence-electron chi connectivity index (χ0n) is 11.8. The van der Waals surface area contributed by atoms with E-state index in [-0.39, 0.29) is 0 Å². The van der Waals surface area contributed by atoms with Gasteiger partial charge in [0.1, 0.15) is 0 Å². The van der Waals surface area contributed by atoms with Crippen LogP contribution in [0.15, 0.2) is 24.3 Å². The molecular weight excluding hydrogens is 262 g/mol. The monoisotopic (exact) mass is 285 g/mol. The summed E-state index contributed by atoms with van der Waals surface area (Å²) < 4.78 is 28.1. The molecule has 0 aromatic heterocycles. The lowest BCUT2D eigenvalue weighted by molar-refractivity contribution is 0.441. The Labute approximate surface area is 116 Å². The van der Waals surface area contributed by atoms with Gasteiger partial charge in [0, 0.05) is 25.3 Å². The topological polar surface area (TPSA) is 66.6 Å². The first-order valence-corrected chi connectivity index (χ1v) is 8.00. The van der Waals surface area contributed by atoms with Gasteiger partial charge in [-0.05, 0) is 24.6 Å². The second kappa shape index (κ2) is 6.77. The van der Waals surface area contributed by atoms with Crippen molar-refractivity contribution in [2.24, 2.45) is 0 Å². The summed E-state index contributed by atoms with van der Waals surface area (Å²) in [7, 11) is -3.48. The molecule has 0 spiro atoms. The van der Waals surface area contributed by atoms with Gasteiger partial charge in [0.15, 0.2) is 0 Å². The van der Waals surface area contributed by atoms with Gasteiger partial charge in [0.2, 0.25) is 0 Å². The highest BCUT2D eigenvalue weighted by Crippen LogP contribution is 2.22. The van der Waals surface area contributed by atoms with Crippen molar-refractivity contribution in [2.45, 2.75) is 27.2 Å². The van der Waals surface area contributed by atoms with Crippen LogP contribution in [0.3, 0.4) is 0 Å². The second-order valence-corrected chi connectivity index (χ2v) is 6.11. The van der Waals surface area contributed by atoms with Crippen LogP contribution in [-0.2, 0) is 10.2 Å². The highest BCUT2D eigenvalue weighted by Gasteiger charge is 2.27. The molecule has 0 amide bonds. The van der Waals surface area contributed by atoms with Gasteiger partial charge in [-0.15, -0.1) is 0 Å². The summed E-state index contributed by atoms with van der Waals surface area (Å²) in [5.41, 5.74) is 6.92. The highest BCUT2D eigenvalue weighted by atomic mass is 32.2. The molecule has 2 N–H and O–H groups in total. The zero-order chi connectivity index (χ0) is 14.5. The van der Waals surface area contributed by atoms with Crippen LogP contribution in [0.2, 0.25) is 0 Å². The Morgan fingerprint density at radius 2 is 1.79 bits per heavy atom. The number of hydrogen-bond donors (Lipinski definition) is 1. The molecule has 0 bridgehead atoms. The van der Waals surface area contributed by atoms with Gasteiger partial charge >= 0.3 is 10.2 Å². The van der Waals surface area contributed by atoms with E-state index in [0.29, 0.717) is 31.0 Å². The quantitative estimate of drug-likeness (QED) is 0.780. The summed E-state index contributed by atoms with van der Waals surface area (Å²) in [5, 5.41) is 0. The van der Waals surface area contributed by atoms with E-state index in [9.17, 15) is 8.42 Å². The van der Waals surface area contributed by atoms with Crippen molar-refractivity contribution < 1.29 is 8.42 Å². The lowest BCUT2D eigenvalue weighted by atomic mass is 10.3. The maximum Gasteiger partial charge on any atom is 0.304 e. The molecule has 0 unspecified atom stereocenters. The molecule has 0 radical (unpaired) electrons. The van der Waals surface area contributed by atoms with Crippen molar-refractivity contribution in [2.75, 3.05) is 29.7 Å². The van der Waals surface area contributed by atoms with Crippen LogP contribution in [0.4, 0.5) is 11.4 Å². The molecular formula is C13H23N3O2S. The summed E-state index contributed by atoms with van der Waals surface area (Å²) in [6.07, 6.45) is 0.745. The molecule has 0 saturated heterocycles. The molecule has 6 heteroatoms. The van der Waals surface area contributed by atoms with Crippen molar-refractivity contribution >= 4 is 21.6 Å². The van der Waals surface area contributed by atoms with Gasteiger partial charge in [-0.2, -0.15) is 12.7 Å². The summed E-state index contributed by atoms with van der Waals surface area (Å²) >= 11 is 0. The molecule has 5 nitrogen and oxygen atoms in total. The van der Waals surface area contributed by atoms with Crippen molar-refractivity contribution in [3.8, 4) is 0 Å². The maximum atomic E-state index is 12.6. The third-order valence-electron chi connectivity index (χ3n) is 2.90. The second-order valence-electron chi connectivity index (χ2n) is 4.26. The van der Waals surface area contributed by atoms with E-state index < -0.39 is 10.2 Å². The van der Waals surface area contributed by atoms with Crippen molar-refractivity contribution in [3.63, 3.8) is 0 Å². The fraction of sp³-hybridized carbons (Fsp3) is 0.538. The summed E-state index contributed by atoms with van der Waals surface area (Å²) in [5.74, 6) is 0. The van der Waals surface area contributed by atoms with E-state index in [2.05, 4.69) is 0 Å². The molecule has 0 aliphatic carbocycles. The summed E-state index contributed by atoms with van der Waals surface area (Å²) in [6.45, 7) is 7.00. The lowest BCUT2D eigenvalue weighted by Crippen LogP contribution is -2.44. The number of nitrogens with zero attached hydrogens (tertiary/aromatic N) is 2. The van der Waals surface area contributed by atoms with Gasteiger partial charge in [-0.3, -0.25) is 4.31 Å². The predicted octanol–water partition coefficient (Wildman–Crippen LogP) is 2.07. The lowest BCUT2D eigenvalue weighted by Gasteiger charge is -2.30. The standard InChI is InChI=1S/C13H23N3O2S/c1-4-10-16(13-9-7-8-12(14)11-13)19(17,18)15(5-2)6-3/h7-9,11H,4-6,10,14H2,1-3H3. The van der Waals surface area contributed by atoms with Crippen molar-refractivity contribution in [1.82, 2.24) is 4.31 Å². The zero-order valence-corrected chi connectivity index (χ0v) is 12.7. The van der Waals surface area contributed by atoms with Gasteiger partial charge in [-0.25, -0.2) is 0 Å². The van der Waals surface area contributed by atoms with E-state index in [1.54, 1.807) is 24.3 Å². The molecule has 19 heavy (non-hydrogen) atoms. The minimum absolute atomic E-state index is 0.447. The van der Waals surface area contributed by atoms with E-state index in [1.165, 1.54) is 8.61 Å². The largest absolute Gasteiger partial charge is 0.399 e. The van der Waals surface area contributed by atoms with Gasteiger partial charge in [0.25, 0.3) is 0 Å². The van der Waals surface area contributed by atoms with E-state index in [4.69, 9.17) is 5.73 Å². The van der Waals surface area contributed by atoms with Gasteiger partial charge in [-0.1, -0.05) is 26.8 Å². The fourth-order valence-corrected chi connectivity index (χ4v) is 3.67. The third kappa shape index (κ3) is 3.61. The fourth-order valence-electron chi connectivity index (χ4n) is 1.95. The normalized spacial score (nSPS) is 11.8. The number of rotatable bonds is 7. The number of benzene rings is 1. The van der Waals surface area contributed by atoms with E-state index >= 15 is 0 Å². The Kier molecular flexibility index (Phi) is 5.62. The Morgan fingerprint density at radius 3 is 2.26 bits per heavy atom.